The molecule has 0 heterocycles. The molecule has 12 heteroatoms. The second-order valence-corrected chi connectivity index (χ2v) is 8.32. The summed E-state index contributed by atoms with van der Waals surface area (Å²) in [6, 6.07) is 4.11. The highest BCUT2D eigenvalue weighted by molar-refractivity contribution is 5.85. The average Bonchev–Trinajstić information content (AvgIpc) is 2.76. The molecule has 0 fully saturated rings. The van der Waals surface area contributed by atoms with Crippen molar-refractivity contribution in [3.05, 3.63) is 0 Å². The fourth-order valence-corrected chi connectivity index (χ4v) is 2.43. The zero-order valence-electron chi connectivity index (χ0n) is 19.7. The molecule has 32 heavy (non-hydrogen) atoms. The zero-order valence-corrected chi connectivity index (χ0v) is 19.7. The Morgan fingerprint density at radius 3 is 2.00 bits per heavy atom. The van der Waals surface area contributed by atoms with Gasteiger partial charge in [-0.1, -0.05) is 4.70 Å². The van der Waals surface area contributed by atoms with Crippen LogP contribution in [0.2, 0.25) is 0 Å². The van der Waals surface area contributed by atoms with Crippen molar-refractivity contribution in [3.63, 3.8) is 0 Å². The molecule has 0 aromatic carbocycles. The molecule has 0 saturated carbocycles. The molecule has 0 rings (SSSR count). The lowest BCUT2D eigenvalue weighted by atomic mass is 9.99. The van der Waals surface area contributed by atoms with E-state index >= 15 is 0 Å². The molecule has 0 saturated heterocycles. The number of nitriles is 2. The Hall–Kier alpha value is -2.96. The van der Waals surface area contributed by atoms with Crippen LogP contribution in [0.3, 0.4) is 0 Å². The van der Waals surface area contributed by atoms with E-state index in [1.807, 2.05) is 6.07 Å². The minimum Gasteiger partial charge on any atom is -0.395 e. The van der Waals surface area contributed by atoms with Gasteiger partial charge in [-0.25, -0.2) is 0 Å². The maximum Gasteiger partial charge on any atom is 0.304 e. The highest BCUT2D eigenvalue weighted by Gasteiger charge is 2.49. The van der Waals surface area contributed by atoms with E-state index in [1.165, 1.54) is 18.5 Å². The Morgan fingerprint density at radius 2 is 1.53 bits per heavy atom. The van der Waals surface area contributed by atoms with E-state index in [-0.39, 0.29) is 32.8 Å². The largest absolute Gasteiger partial charge is 0.395 e. The predicted molar refractivity (Wildman–Crippen MR) is 114 cm³/mol. The van der Waals surface area contributed by atoms with E-state index in [2.05, 4.69) is 32.0 Å². The van der Waals surface area contributed by atoms with Crippen LogP contribution in [0, 0.1) is 34.5 Å². The number of carbonyl (C=O) groups excluding carboxylic acids is 2. The molecule has 0 aliphatic rings. The van der Waals surface area contributed by atoms with Crippen molar-refractivity contribution >= 4 is 11.8 Å². The number of nitrogens with zero attached hydrogens (tertiary/aromatic N) is 6. The maximum absolute atomic E-state index is 12.9. The number of hydrogen-bond acceptors (Lipinski definition) is 9. The number of carbonyl (C=O) groups is 2. The van der Waals surface area contributed by atoms with Gasteiger partial charge in [0.05, 0.1) is 37.8 Å². The molecule has 0 aliphatic carbocycles. The summed E-state index contributed by atoms with van der Waals surface area (Å²) in [6.07, 6.45) is -1.04. The fourth-order valence-electron chi connectivity index (χ4n) is 2.43. The summed E-state index contributed by atoms with van der Waals surface area (Å²) in [5.74, 6) is -2.18. The van der Waals surface area contributed by atoms with E-state index in [4.69, 9.17) is 15.5 Å². The lowest BCUT2D eigenvalue weighted by molar-refractivity contribution is -0.684. The highest BCUT2D eigenvalue weighted by atomic mass is 16.3. The van der Waals surface area contributed by atoms with Gasteiger partial charge in [-0.3, -0.25) is 9.59 Å². The van der Waals surface area contributed by atoms with E-state index in [0.717, 1.165) is 0 Å². The summed E-state index contributed by atoms with van der Waals surface area (Å²) >= 11 is 0. The first kappa shape index (κ1) is 29.0. The smallest absolute Gasteiger partial charge is 0.304 e. The Bertz CT molecular complexity index is 779. The van der Waals surface area contributed by atoms with Crippen molar-refractivity contribution in [2.45, 2.75) is 58.8 Å². The maximum atomic E-state index is 12.9. The summed E-state index contributed by atoms with van der Waals surface area (Å²) in [4.78, 5) is 25.5. The minimum absolute atomic E-state index is 0.0101. The first-order valence-electron chi connectivity index (χ1n) is 10.3. The van der Waals surface area contributed by atoms with Gasteiger partial charge < -0.3 is 20.8 Å². The molecule has 0 aromatic rings. The van der Waals surface area contributed by atoms with Crippen LogP contribution in [0.5, 0.6) is 0 Å². The van der Waals surface area contributed by atoms with Crippen molar-refractivity contribution in [2.75, 3.05) is 32.8 Å². The molecule has 0 radical (unpaired) electrons. The third-order valence-electron chi connectivity index (χ3n) is 4.51. The number of azo groups is 3. The third-order valence-corrected chi connectivity index (χ3v) is 4.51. The van der Waals surface area contributed by atoms with Crippen LogP contribution in [-0.4, -0.2) is 76.8 Å². The molecule has 0 spiro atoms. The molecule has 3 unspecified atom stereocenters. The van der Waals surface area contributed by atoms with Gasteiger partial charge in [-0.05, 0) is 32.8 Å². The number of aliphatic hydroxyl groups is 2. The van der Waals surface area contributed by atoms with Crippen LogP contribution >= 0.6 is 0 Å². The predicted octanol–water partition coefficient (Wildman–Crippen LogP) is 0.323. The Morgan fingerprint density at radius 1 is 1.00 bits per heavy atom. The first-order valence-corrected chi connectivity index (χ1v) is 10.3. The summed E-state index contributed by atoms with van der Waals surface area (Å²) in [5, 5.41) is 54.4. The van der Waals surface area contributed by atoms with Crippen LogP contribution in [0.4, 0.5) is 0 Å². The second kappa shape index (κ2) is 13.5. The van der Waals surface area contributed by atoms with E-state index in [0.29, 0.717) is 0 Å². The quantitative estimate of drug-likeness (QED) is 0.230. The molecule has 12 nitrogen and oxygen atoms in total. The fraction of sp³-hybridized carbons (Fsp3) is 0.800. The first-order chi connectivity index (χ1) is 14.9. The highest BCUT2D eigenvalue weighted by Crippen LogP contribution is 2.24. The molecule has 0 bridgehead atoms. The van der Waals surface area contributed by atoms with Crippen LogP contribution in [0.1, 0.15) is 41.5 Å². The molecule has 4 N–H and O–H groups in total. The molecule has 178 valence electrons. The van der Waals surface area contributed by atoms with Crippen molar-refractivity contribution in [3.8, 4) is 12.1 Å². The number of amides is 2. The van der Waals surface area contributed by atoms with Crippen molar-refractivity contribution in [1.29, 1.82) is 10.5 Å². The SMILES string of the molecule is CC(C#N)CN=NC(C(C)C#N)[N+](=NC(C)(C)C(=O)NCCO)C(C)(C)C(=O)NCCO. The second-order valence-electron chi connectivity index (χ2n) is 8.32. The van der Waals surface area contributed by atoms with Crippen molar-refractivity contribution in [1.82, 2.24) is 10.6 Å². The molecule has 0 aromatic heterocycles. The number of rotatable bonds is 13. The lowest BCUT2D eigenvalue weighted by Crippen LogP contribution is -2.56. The van der Waals surface area contributed by atoms with Gasteiger partial charge in [0.2, 0.25) is 0 Å². The minimum atomic E-state index is -1.39. The summed E-state index contributed by atoms with van der Waals surface area (Å²) < 4.78 is 1.27. The Kier molecular flexibility index (Phi) is 12.2. The standard InChI is InChI=1S/C20H34N8O4/c1-14(11-21)13-25-26-16(15(2)12-22)28(20(5,6)18(32)24-8-10-30)27-19(3,4)17(31)23-7-9-29/h14-16,29-30H,7-10,13H2,1-6H3,(H-,23,24,31,32)/p+1. The van der Waals surface area contributed by atoms with Gasteiger partial charge in [0, 0.05) is 26.9 Å². The van der Waals surface area contributed by atoms with Gasteiger partial charge in [-0.2, -0.15) is 15.6 Å². The topological polar surface area (TPSA) is 186 Å². The summed E-state index contributed by atoms with van der Waals surface area (Å²) in [7, 11) is 0. The normalized spacial score (nSPS) is 15.4. The van der Waals surface area contributed by atoms with Crippen LogP contribution in [0.25, 0.3) is 0 Å². The van der Waals surface area contributed by atoms with Gasteiger partial charge >= 0.3 is 6.17 Å². The molecular weight excluding hydrogens is 416 g/mol. The van der Waals surface area contributed by atoms with Crippen molar-refractivity contribution in [2.24, 2.45) is 27.2 Å². The number of nitrogens with one attached hydrogen (secondary N) is 2. The molecule has 3 atom stereocenters. The van der Waals surface area contributed by atoms with Crippen molar-refractivity contribution < 1.29 is 24.5 Å². The lowest BCUT2D eigenvalue weighted by Gasteiger charge is -2.26. The molecule has 2 amide bonds. The number of hydrogen-bond donors (Lipinski definition) is 4. The van der Waals surface area contributed by atoms with Gasteiger partial charge in [0.1, 0.15) is 5.92 Å². The van der Waals surface area contributed by atoms with Gasteiger partial charge in [0.25, 0.3) is 17.4 Å². The molecule has 0 aliphatic heterocycles. The van der Waals surface area contributed by atoms with Crippen LogP contribution in [0.15, 0.2) is 15.3 Å². The van der Waals surface area contributed by atoms with Crippen LogP contribution < -0.4 is 10.6 Å². The Balaban J connectivity index is 6.54. The average molecular weight is 452 g/mol. The monoisotopic (exact) mass is 451 g/mol. The third kappa shape index (κ3) is 8.65. The van der Waals surface area contributed by atoms with E-state index in [1.54, 1.807) is 27.7 Å². The summed E-state index contributed by atoms with van der Waals surface area (Å²) in [6.45, 7) is 9.03. The Labute approximate surface area is 189 Å². The number of aliphatic hydroxyl groups excluding tert-OH is 2. The van der Waals surface area contributed by atoms with E-state index < -0.39 is 40.9 Å². The zero-order chi connectivity index (χ0) is 24.9. The van der Waals surface area contributed by atoms with Gasteiger partial charge in [0.15, 0.2) is 5.54 Å². The van der Waals surface area contributed by atoms with Gasteiger partial charge in [-0.15, -0.1) is 5.11 Å². The molecular formula is C20H35N8O4+. The van der Waals surface area contributed by atoms with E-state index in [9.17, 15) is 14.9 Å². The van der Waals surface area contributed by atoms with Crippen LogP contribution in [-0.2, 0) is 9.59 Å². The summed E-state index contributed by atoms with van der Waals surface area (Å²) in [5.41, 5.74) is -2.77.